The summed E-state index contributed by atoms with van der Waals surface area (Å²) in [5.74, 6) is -0.328. The van der Waals surface area contributed by atoms with Crippen LogP contribution in [0.5, 0.6) is 0 Å². The lowest BCUT2D eigenvalue weighted by molar-refractivity contribution is 0.102. The van der Waals surface area contributed by atoms with Gasteiger partial charge in [-0.15, -0.1) is 0 Å². The molecule has 5 nitrogen and oxygen atoms in total. The van der Waals surface area contributed by atoms with E-state index in [1.54, 1.807) is 29.0 Å². The molecule has 6 heteroatoms. The molecule has 1 aromatic heterocycles. The number of rotatable bonds is 4. The highest BCUT2D eigenvalue weighted by Gasteiger charge is 2.09. The van der Waals surface area contributed by atoms with Crippen LogP contribution in [-0.2, 0) is 6.54 Å². The summed E-state index contributed by atoms with van der Waals surface area (Å²) < 4.78 is 1.56. The molecule has 21 heavy (non-hydrogen) atoms. The number of carbonyl (C=O) groups excluding carboxylic acids is 1. The van der Waals surface area contributed by atoms with E-state index >= 15 is 0 Å². The number of halogens is 1. The zero-order valence-corrected chi connectivity index (χ0v) is 12.4. The SMILES string of the molecule is CCCn1cc(NC(=O)c2cc(N)cc(Cl)c2)ccc1=O. The van der Waals surface area contributed by atoms with Crippen molar-refractivity contribution >= 4 is 28.9 Å². The van der Waals surface area contributed by atoms with Gasteiger partial charge in [0, 0.05) is 35.1 Å². The van der Waals surface area contributed by atoms with E-state index in [1.165, 1.54) is 12.1 Å². The van der Waals surface area contributed by atoms with Gasteiger partial charge in [0.2, 0.25) is 0 Å². The molecule has 1 amide bonds. The van der Waals surface area contributed by atoms with E-state index < -0.39 is 0 Å². The third-order valence-corrected chi connectivity index (χ3v) is 3.11. The lowest BCUT2D eigenvalue weighted by Gasteiger charge is -2.09. The van der Waals surface area contributed by atoms with E-state index in [4.69, 9.17) is 17.3 Å². The Bertz CT molecular complexity index is 705. The van der Waals surface area contributed by atoms with E-state index in [-0.39, 0.29) is 11.5 Å². The summed E-state index contributed by atoms with van der Waals surface area (Å²) in [7, 11) is 0. The maximum atomic E-state index is 12.2. The Kier molecular flexibility index (Phi) is 4.65. The zero-order valence-electron chi connectivity index (χ0n) is 11.6. The van der Waals surface area contributed by atoms with Gasteiger partial charge >= 0.3 is 0 Å². The standard InChI is InChI=1S/C15H16ClN3O2/c1-2-5-19-9-13(3-4-14(19)20)18-15(21)10-6-11(16)8-12(17)7-10/h3-4,6-9H,2,5,17H2,1H3,(H,18,21). The minimum Gasteiger partial charge on any atom is -0.399 e. The molecule has 0 atom stereocenters. The lowest BCUT2D eigenvalue weighted by atomic mass is 10.2. The van der Waals surface area contributed by atoms with E-state index in [1.807, 2.05) is 6.92 Å². The number of nitrogens with zero attached hydrogens (tertiary/aromatic N) is 1. The molecular formula is C15H16ClN3O2. The van der Waals surface area contributed by atoms with Crippen LogP contribution in [0.15, 0.2) is 41.3 Å². The number of aryl methyl sites for hydroxylation is 1. The number of anilines is 2. The Morgan fingerprint density at radius 2 is 2.10 bits per heavy atom. The van der Waals surface area contributed by atoms with Crippen molar-refractivity contribution in [3.05, 3.63) is 57.5 Å². The molecule has 0 spiro atoms. The first-order valence-electron chi connectivity index (χ1n) is 6.57. The minimum absolute atomic E-state index is 0.0955. The molecule has 0 aliphatic carbocycles. The molecule has 1 aromatic carbocycles. The molecule has 1 heterocycles. The van der Waals surface area contributed by atoms with Crippen LogP contribution in [0.25, 0.3) is 0 Å². The second kappa shape index (κ2) is 6.45. The molecule has 0 radical (unpaired) electrons. The summed E-state index contributed by atoms with van der Waals surface area (Å²) in [5.41, 5.74) is 6.91. The van der Waals surface area contributed by atoms with Gasteiger partial charge in [-0.05, 0) is 30.7 Å². The molecule has 0 saturated heterocycles. The zero-order chi connectivity index (χ0) is 15.4. The van der Waals surface area contributed by atoms with Gasteiger partial charge in [0.05, 0.1) is 5.69 Å². The second-order valence-corrected chi connectivity index (χ2v) is 5.11. The number of carbonyl (C=O) groups is 1. The Labute approximate surface area is 127 Å². The van der Waals surface area contributed by atoms with Gasteiger partial charge in [0.15, 0.2) is 0 Å². The Morgan fingerprint density at radius 1 is 1.33 bits per heavy atom. The van der Waals surface area contributed by atoms with Crippen LogP contribution >= 0.6 is 11.6 Å². The van der Waals surface area contributed by atoms with Crippen molar-refractivity contribution in [2.45, 2.75) is 19.9 Å². The van der Waals surface area contributed by atoms with E-state index in [0.717, 1.165) is 6.42 Å². The first kappa shape index (κ1) is 15.1. The average Bonchev–Trinajstić information content (AvgIpc) is 2.41. The highest BCUT2D eigenvalue weighted by atomic mass is 35.5. The Morgan fingerprint density at radius 3 is 2.76 bits per heavy atom. The number of benzene rings is 1. The normalized spacial score (nSPS) is 10.4. The fraction of sp³-hybridized carbons (Fsp3) is 0.200. The second-order valence-electron chi connectivity index (χ2n) is 4.68. The molecule has 3 N–H and O–H groups in total. The smallest absolute Gasteiger partial charge is 0.255 e. The predicted octanol–water partition coefficient (Wildman–Crippen LogP) is 2.75. The third kappa shape index (κ3) is 3.86. The Hall–Kier alpha value is -2.27. The third-order valence-electron chi connectivity index (χ3n) is 2.89. The largest absolute Gasteiger partial charge is 0.399 e. The van der Waals surface area contributed by atoms with Crippen molar-refractivity contribution in [2.75, 3.05) is 11.1 Å². The first-order valence-corrected chi connectivity index (χ1v) is 6.95. The van der Waals surface area contributed by atoms with Crippen LogP contribution in [0, 0.1) is 0 Å². The number of hydrogen-bond donors (Lipinski definition) is 2. The van der Waals surface area contributed by atoms with E-state index in [9.17, 15) is 9.59 Å². The molecule has 0 aliphatic heterocycles. The van der Waals surface area contributed by atoms with Crippen LogP contribution in [0.2, 0.25) is 5.02 Å². The molecule has 0 saturated carbocycles. The molecule has 0 unspecified atom stereocenters. The number of nitrogen functional groups attached to an aromatic ring is 1. The van der Waals surface area contributed by atoms with Gasteiger partial charge in [-0.2, -0.15) is 0 Å². The highest BCUT2D eigenvalue weighted by Crippen LogP contribution is 2.17. The number of hydrogen-bond acceptors (Lipinski definition) is 3. The average molecular weight is 306 g/mol. The number of nitrogens with one attached hydrogen (secondary N) is 1. The fourth-order valence-corrected chi connectivity index (χ4v) is 2.21. The predicted molar refractivity (Wildman–Crippen MR) is 84.8 cm³/mol. The van der Waals surface area contributed by atoms with Gasteiger partial charge in [-0.1, -0.05) is 18.5 Å². The maximum Gasteiger partial charge on any atom is 0.255 e. The van der Waals surface area contributed by atoms with Crippen molar-refractivity contribution in [1.82, 2.24) is 4.57 Å². The molecule has 110 valence electrons. The molecular weight excluding hydrogens is 290 g/mol. The number of amides is 1. The van der Waals surface area contributed by atoms with Crippen LogP contribution < -0.4 is 16.6 Å². The van der Waals surface area contributed by atoms with Gasteiger partial charge in [-0.3, -0.25) is 9.59 Å². The quantitative estimate of drug-likeness (QED) is 0.853. The van der Waals surface area contributed by atoms with Gasteiger partial charge < -0.3 is 15.6 Å². The van der Waals surface area contributed by atoms with Crippen molar-refractivity contribution in [2.24, 2.45) is 0 Å². The number of aromatic nitrogens is 1. The minimum atomic E-state index is -0.328. The topological polar surface area (TPSA) is 77.1 Å². The monoisotopic (exact) mass is 305 g/mol. The maximum absolute atomic E-state index is 12.2. The van der Waals surface area contributed by atoms with Gasteiger partial charge in [0.25, 0.3) is 11.5 Å². The molecule has 0 fully saturated rings. The van der Waals surface area contributed by atoms with Crippen LogP contribution in [-0.4, -0.2) is 10.5 Å². The van der Waals surface area contributed by atoms with Crippen LogP contribution in [0.4, 0.5) is 11.4 Å². The molecule has 0 bridgehead atoms. The number of pyridine rings is 1. The summed E-state index contributed by atoms with van der Waals surface area (Å²) in [6.45, 7) is 2.58. The number of nitrogens with two attached hydrogens (primary N) is 1. The highest BCUT2D eigenvalue weighted by molar-refractivity contribution is 6.31. The van der Waals surface area contributed by atoms with E-state index in [2.05, 4.69) is 5.32 Å². The summed E-state index contributed by atoms with van der Waals surface area (Å²) in [4.78, 5) is 23.8. The van der Waals surface area contributed by atoms with Crippen molar-refractivity contribution < 1.29 is 4.79 Å². The fourth-order valence-electron chi connectivity index (χ4n) is 1.97. The Balaban J connectivity index is 2.23. The van der Waals surface area contributed by atoms with Gasteiger partial charge in [0.1, 0.15) is 0 Å². The van der Waals surface area contributed by atoms with Crippen molar-refractivity contribution in [3.8, 4) is 0 Å². The summed E-state index contributed by atoms with van der Waals surface area (Å²) in [5, 5.41) is 3.12. The summed E-state index contributed by atoms with van der Waals surface area (Å²) in [6, 6.07) is 7.65. The van der Waals surface area contributed by atoms with Gasteiger partial charge in [-0.25, -0.2) is 0 Å². The van der Waals surface area contributed by atoms with Crippen molar-refractivity contribution in [1.29, 1.82) is 0 Å². The molecule has 2 aromatic rings. The van der Waals surface area contributed by atoms with Crippen LogP contribution in [0.3, 0.4) is 0 Å². The summed E-state index contributed by atoms with van der Waals surface area (Å²) in [6.07, 6.45) is 2.46. The van der Waals surface area contributed by atoms with E-state index in [0.29, 0.717) is 28.5 Å². The molecule has 2 rings (SSSR count). The first-order chi connectivity index (χ1) is 9.99. The molecule has 0 aliphatic rings. The summed E-state index contributed by atoms with van der Waals surface area (Å²) >= 11 is 5.88. The van der Waals surface area contributed by atoms with Crippen molar-refractivity contribution in [3.63, 3.8) is 0 Å². The van der Waals surface area contributed by atoms with Crippen LogP contribution in [0.1, 0.15) is 23.7 Å². The lowest BCUT2D eigenvalue weighted by Crippen LogP contribution is -2.20.